The number of carboxylic acid groups (broad SMARTS) is 1. The van der Waals surface area contributed by atoms with E-state index in [2.05, 4.69) is 29.5 Å². The largest absolute Gasteiger partial charge is 0.477 e. The number of nitrogens with zero attached hydrogens (tertiary/aromatic N) is 2. The molecule has 3 aromatic rings. The zero-order valence-corrected chi connectivity index (χ0v) is 20.6. The number of aromatic nitrogens is 1. The minimum Gasteiger partial charge on any atom is -0.477 e. The van der Waals surface area contributed by atoms with Gasteiger partial charge in [0.2, 0.25) is 5.91 Å². The molecule has 1 aliphatic heterocycles. The van der Waals surface area contributed by atoms with Gasteiger partial charge in [-0.25, -0.2) is 14.6 Å². The molecule has 0 saturated carbocycles. The molecule has 3 amide bonds. The molecule has 1 unspecified atom stereocenters. The van der Waals surface area contributed by atoms with E-state index in [1.165, 1.54) is 11.6 Å². The predicted octanol–water partition coefficient (Wildman–Crippen LogP) is 5.51. The smallest absolute Gasteiger partial charge is 0.354 e. The zero-order valence-electron chi connectivity index (χ0n) is 20.6. The summed E-state index contributed by atoms with van der Waals surface area (Å²) in [5.41, 5.74) is 4.80. The second-order valence-corrected chi connectivity index (χ2v) is 9.26. The topological polar surface area (TPSA) is 112 Å². The Bertz CT molecular complexity index is 1270. The minimum atomic E-state index is -1.07. The van der Waals surface area contributed by atoms with Crippen LogP contribution in [0.3, 0.4) is 0 Å². The molecule has 0 spiro atoms. The first-order chi connectivity index (χ1) is 17.2. The summed E-state index contributed by atoms with van der Waals surface area (Å²) in [4.78, 5) is 42.7. The number of urea groups is 1. The maximum absolute atomic E-state index is 13.0. The van der Waals surface area contributed by atoms with Gasteiger partial charge < -0.3 is 20.6 Å². The Hall–Kier alpha value is -4.20. The highest BCUT2D eigenvalue weighted by molar-refractivity contribution is 5.99. The molecule has 8 nitrogen and oxygen atoms in total. The van der Waals surface area contributed by atoms with Crippen LogP contribution in [0.25, 0.3) is 11.1 Å². The zero-order chi connectivity index (χ0) is 25.8. The summed E-state index contributed by atoms with van der Waals surface area (Å²) in [5, 5.41) is 14.9. The lowest BCUT2D eigenvalue weighted by Crippen LogP contribution is -2.45. The van der Waals surface area contributed by atoms with Crippen molar-refractivity contribution < 1.29 is 19.5 Å². The molecule has 3 N–H and O–H groups in total. The van der Waals surface area contributed by atoms with E-state index in [1.807, 2.05) is 36.4 Å². The Morgan fingerprint density at radius 2 is 1.58 bits per heavy atom. The van der Waals surface area contributed by atoms with Crippen LogP contribution in [0.15, 0.2) is 60.7 Å². The van der Waals surface area contributed by atoms with Crippen LogP contribution in [0, 0.1) is 6.92 Å². The van der Waals surface area contributed by atoms with E-state index >= 15 is 0 Å². The van der Waals surface area contributed by atoms with Crippen molar-refractivity contribution in [3.8, 4) is 11.1 Å². The van der Waals surface area contributed by atoms with Crippen molar-refractivity contribution in [2.75, 3.05) is 17.2 Å². The molecule has 8 heteroatoms. The van der Waals surface area contributed by atoms with Crippen molar-refractivity contribution in [1.29, 1.82) is 0 Å². The molecule has 2 heterocycles. The Labute approximate surface area is 210 Å². The van der Waals surface area contributed by atoms with Crippen LogP contribution in [-0.4, -0.2) is 45.5 Å². The average molecular weight is 487 g/mol. The summed E-state index contributed by atoms with van der Waals surface area (Å²) < 4.78 is 0. The molecule has 186 valence electrons. The lowest BCUT2D eigenvalue weighted by Gasteiger charge is -2.24. The number of pyridine rings is 1. The van der Waals surface area contributed by atoms with Gasteiger partial charge in [0.1, 0.15) is 11.7 Å². The molecular weight excluding hydrogens is 456 g/mol. The fourth-order valence-corrected chi connectivity index (χ4v) is 4.37. The summed E-state index contributed by atoms with van der Waals surface area (Å²) in [6.45, 7) is 6.51. The first kappa shape index (κ1) is 24.9. The van der Waals surface area contributed by atoms with Gasteiger partial charge >= 0.3 is 12.0 Å². The number of carbonyl (C=O) groups is 3. The molecule has 36 heavy (non-hydrogen) atoms. The Balaban J connectivity index is 1.39. The van der Waals surface area contributed by atoms with E-state index in [-0.39, 0.29) is 17.6 Å². The summed E-state index contributed by atoms with van der Waals surface area (Å²) in [6, 6.07) is 17.4. The van der Waals surface area contributed by atoms with Crippen LogP contribution < -0.4 is 10.6 Å². The quantitative estimate of drug-likeness (QED) is 0.425. The number of hydrogen-bond donors (Lipinski definition) is 3. The van der Waals surface area contributed by atoms with Gasteiger partial charge in [-0.05, 0) is 67.1 Å². The maximum Gasteiger partial charge on any atom is 0.354 e. The van der Waals surface area contributed by atoms with Crippen molar-refractivity contribution in [3.05, 3.63) is 77.6 Å². The van der Waals surface area contributed by atoms with E-state index in [0.717, 1.165) is 17.5 Å². The van der Waals surface area contributed by atoms with Crippen LogP contribution in [-0.2, 0) is 4.79 Å². The van der Waals surface area contributed by atoms with Crippen molar-refractivity contribution in [1.82, 2.24) is 9.88 Å². The normalized spacial score (nSPS) is 15.1. The fourth-order valence-electron chi connectivity index (χ4n) is 4.37. The van der Waals surface area contributed by atoms with Crippen LogP contribution in [0.1, 0.15) is 54.4 Å². The van der Waals surface area contributed by atoms with Crippen molar-refractivity contribution in [3.63, 3.8) is 0 Å². The summed E-state index contributed by atoms with van der Waals surface area (Å²) in [6.07, 6.45) is 1.36. The number of carboxylic acids is 1. The molecule has 1 aromatic heterocycles. The van der Waals surface area contributed by atoms with Crippen molar-refractivity contribution >= 4 is 29.3 Å². The molecule has 4 rings (SSSR count). The number of aromatic carboxylic acids is 1. The van der Waals surface area contributed by atoms with E-state index in [0.29, 0.717) is 36.0 Å². The Morgan fingerprint density at radius 3 is 2.19 bits per heavy atom. The molecule has 0 radical (unpaired) electrons. The van der Waals surface area contributed by atoms with Crippen molar-refractivity contribution in [2.24, 2.45) is 0 Å². The first-order valence-corrected chi connectivity index (χ1v) is 12.0. The molecular formula is C28H30N4O4. The first-order valence-electron chi connectivity index (χ1n) is 12.0. The second-order valence-electron chi connectivity index (χ2n) is 9.26. The molecule has 1 saturated heterocycles. The predicted molar refractivity (Wildman–Crippen MR) is 139 cm³/mol. The number of benzene rings is 2. The number of amides is 3. The molecule has 2 aromatic carbocycles. The van der Waals surface area contributed by atoms with Gasteiger partial charge in [0.05, 0.1) is 0 Å². The SMILES string of the molecule is Cc1nc(C(=O)O)ccc1-c1ccc(NC(=O)C2CCCN2C(=O)Nc2ccc(C(C)C)cc2)cc1. The maximum atomic E-state index is 13.0. The number of rotatable bonds is 6. The van der Waals surface area contributed by atoms with Gasteiger partial charge in [0, 0.05) is 29.2 Å². The Morgan fingerprint density at radius 1 is 0.944 bits per heavy atom. The average Bonchev–Trinajstić information content (AvgIpc) is 3.35. The minimum absolute atomic E-state index is 0.00198. The third-order valence-corrected chi connectivity index (χ3v) is 6.41. The number of aryl methyl sites for hydroxylation is 1. The lowest BCUT2D eigenvalue weighted by atomic mass is 10.0. The third kappa shape index (κ3) is 5.54. The van der Waals surface area contributed by atoms with Crippen LogP contribution in [0.2, 0.25) is 0 Å². The number of anilines is 2. The molecule has 1 fully saturated rings. The highest BCUT2D eigenvalue weighted by Crippen LogP contribution is 2.26. The van der Waals surface area contributed by atoms with E-state index in [1.54, 1.807) is 30.0 Å². The van der Waals surface area contributed by atoms with Gasteiger partial charge in [-0.2, -0.15) is 0 Å². The third-order valence-electron chi connectivity index (χ3n) is 6.41. The van der Waals surface area contributed by atoms with Gasteiger partial charge in [-0.1, -0.05) is 44.2 Å². The van der Waals surface area contributed by atoms with Gasteiger partial charge in [-0.15, -0.1) is 0 Å². The van der Waals surface area contributed by atoms with Gasteiger partial charge in [0.25, 0.3) is 0 Å². The Kier molecular flexibility index (Phi) is 7.33. The van der Waals surface area contributed by atoms with Gasteiger partial charge in [-0.3, -0.25) is 4.79 Å². The van der Waals surface area contributed by atoms with Crippen LogP contribution >= 0.6 is 0 Å². The second kappa shape index (κ2) is 10.6. The standard InChI is InChI=1S/C28H30N4O4/c1-17(2)19-6-10-22(11-7-19)31-28(36)32-16-4-5-25(32)26(33)30-21-12-8-20(9-13-21)23-14-15-24(27(34)35)29-18(23)3/h6-15,17,25H,4-5,16H2,1-3H3,(H,30,33)(H,31,36)(H,34,35). The highest BCUT2D eigenvalue weighted by Gasteiger charge is 2.34. The highest BCUT2D eigenvalue weighted by atomic mass is 16.4. The van der Waals surface area contributed by atoms with Crippen LogP contribution in [0.5, 0.6) is 0 Å². The number of nitrogens with one attached hydrogen (secondary N) is 2. The molecule has 0 bridgehead atoms. The lowest BCUT2D eigenvalue weighted by molar-refractivity contribution is -0.119. The number of likely N-dealkylation sites (tertiary alicyclic amines) is 1. The van der Waals surface area contributed by atoms with Crippen LogP contribution in [0.4, 0.5) is 16.2 Å². The van der Waals surface area contributed by atoms with Crippen molar-refractivity contribution in [2.45, 2.75) is 45.6 Å². The van der Waals surface area contributed by atoms with Gasteiger partial charge in [0.15, 0.2) is 0 Å². The fraction of sp³-hybridized carbons (Fsp3) is 0.286. The van der Waals surface area contributed by atoms with E-state index in [9.17, 15) is 14.4 Å². The van der Waals surface area contributed by atoms with E-state index in [4.69, 9.17) is 5.11 Å². The number of hydrogen-bond acceptors (Lipinski definition) is 4. The summed E-state index contributed by atoms with van der Waals surface area (Å²) in [5.74, 6) is -0.885. The summed E-state index contributed by atoms with van der Waals surface area (Å²) in [7, 11) is 0. The molecule has 0 aliphatic carbocycles. The number of carbonyl (C=O) groups excluding carboxylic acids is 2. The molecule has 1 atom stereocenters. The van der Waals surface area contributed by atoms with E-state index < -0.39 is 12.0 Å². The molecule has 1 aliphatic rings. The monoisotopic (exact) mass is 486 g/mol. The summed E-state index contributed by atoms with van der Waals surface area (Å²) >= 11 is 0.